The van der Waals surface area contributed by atoms with Gasteiger partial charge in [0.2, 0.25) is 0 Å². The lowest BCUT2D eigenvalue weighted by molar-refractivity contribution is -0.394. The van der Waals surface area contributed by atoms with E-state index in [1.807, 2.05) is 0 Å². The summed E-state index contributed by atoms with van der Waals surface area (Å²) in [5.74, 6) is -0.604. The third-order valence-electron chi connectivity index (χ3n) is 3.18. The fourth-order valence-electron chi connectivity index (χ4n) is 2.13. The number of ether oxygens (including phenoxy) is 1. The molecule has 0 N–H and O–H groups in total. The van der Waals surface area contributed by atoms with Crippen LogP contribution < -0.4 is 4.74 Å². The number of hydrogen-bond acceptors (Lipinski definition) is 6. The van der Waals surface area contributed by atoms with E-state index in [-0.39, 0.29) is 5.56 Å². The Morgan fingerprint density at radius 3 is 1.83 bits per heavy atom. The zero-order valence-corrected chi connectivity index (χ0v) is 14.2. The predicted molar refractivity (Wildman–Crippen MR) is 88.3 cm³/mol. The van der Waals surface area contributed by atoms with Gasteiger partial charge in [0.15, 0.2) is 0 Å². The summed E-state index contributed by atoms with van der Waals surface area (Å²) in [5, 5.41) is 21.8. The number of carbonyl (C=O) groups is 1. The normalized spacial score (nSPS) is 10.3. The average Bonchev–Trinajstić information content (AvgIpc) is 2.49. The number of carbonyl (C=O) groups excluding carboxylic acids is 1. The first kappa shape index (κ1) is 17.5. The monoisotopic (exact) mass is 394 g/mol. The first-order chi connectivity index (χ1) is 11.2. The van der Waals surface area contributed by atoms with Gasteiger partial charge in [-0.15, -0.1) is 0 Å². The van der Waals surface area contributed by atoms with E-state index in [9.17, 15) is 25.0 Å². The van der Waals surface area contributed by atoms with Crippen LogP contribution in [0.3, 0.4) is 0 Å². The van der Waals surface area contributed by atoms with Gasteiger partial charge >= 0.3 is 5.97 Å². The number of aryl methyl sites for hydroxylation is 2. The molecule has 8 nitrogen and oxygen atoms in total. The zero-order chi connectivity index (χ0) is 18.0. The van der Waals surface area contributed by atoms with Gasteiger partial charge in [0.05, 0.1) is 21.5 Å². The zero-order valence-electron chi connectivity index (χ0n) is 12.6. The summed E-state index contributed by atoms with van der Waals surface area (Å²) >= 11 is 3.32. The molecule has 9 heteroatoms. The summed E-state index contributed by atoms with van der Waals surface area (Å²) in [7, 11) is 0. The molecule has 0 aliphatic heterocycles. The van der Waals surface area contributed by atoms with Gasteiger partial charge in [-0.2, -0.15) is 0 Å². The topological polar surface area (TPSA) is 113 Å². The van der Waals surface area contributed by atoms with E-state index in [0.29, 0.717) is 16.9 Å². The summed E-state index contributed by atoms with van der Waals surface area (Å²) in [6.07, 6.45) is 0. The highest BCUT2D eigenvalue weighted by atomic mass is 79.9. The minimum atomic E-state index is -0.907. The highest BCUT2D eigenvalue weighted by molar-refractivity contribution is 9.10. The summed E-state index contributed by atoms with van der Waals surface area (Å²) in [4.78, 5) is 32.4. The number of rotatable bonds is 4. The molecule has 0 heterocycles. The quantitative estimate of drug-likeness (QED) is 0.333. The largest absolute Gasteiger partial charge is 0.422 e. The maximum atomic E-state index is 12.3. The minimum Gasteiger partial charge on any atom is -0.422 e. The number of benzene rings is 2. The van der Waals surface area contributed by atoms with Crippen molar-refractivity contribution in [1.29, 1.82) is 0 Å². The van der Waals surface area contributed by atoms with Crippen molar-refractivity contribution in [3.8, 4) is 5.75 Å². The van der Waals surface area contributed by atoms with Crippen LogP contribution in [0.25, 0.3) is 0 Å². The van der Waals surface area contributed by atoms with Crippen molar-refractivity contribution in [3.05, 3.63) is 71.7 Å². The summed E-state index contributed by atoms with van der Waals surface area (Å²) in [6, 6.07) is 6.15. The van der Waals surface area contributed by atoms with E-state index >= 15 is 0 Å². The Hall–Kier alpha value is -2.81. The van der Waals surface area contributed by atoms with Crippen LogP contribution in [-0.4, -0.2) is 15.8 Å². The van der Waals surface area contributed by atoms with Crippen LogP contribution in [-0.2, 0) is 0 Å². The lowest BCUT2D eigenvalue weighted by atomic mass is 10.1. The van der Waals surface area contributed by atoms with Crippen molar-refractivity contribution < 1.29 is 19.4 Å². The van der Waals surface area contributed by atoms with E-state index in [1.165, 1.54) is 0 Å². The molecule has 0 saturated heterocycles. The second-order valence-corrected chi connectivity index (χ2v) is 5.93. The van der Waals surface area contributed by atoms with Gasteiger partial charge in [0, 0.05) is 16.6 Å². The predicted octanol–water partition coefficient (Wildman–Crippen LogP) is 4.10. The van der Waals surface area contributed by atoms with Crippen molar-refractivity contribution in [2.24, 2.45) is 0 Å². The second kappa shape index (κ2) is 6.75. The molecule has 0 unspecified atom stereocenters. The molecule has 0 amide bonds. The first-order valence-electron chi connectivity index (χ1n) is 6.62. The molecule has 0 spiro atoms. The van der Waals surface area contributed by atoms with Gasteiger partial charge in [-0.25, -0.2) is 4.79 Å². The molecule has 0 aliphatic rings. The summed E-state index contributed by atoms with van der Waals surface area (Å²) in [5.41, 5.74) is -0.0243. The number of non-ortho nitro benzene ring substituents is 2. The van der Waals surface area contributed by atoms with Gasteiger partial charge in [-0.3, -0.25) is 20.2 Å². The fourth-order valence-corrected chi connectivity index (χ4v) is 2.82. The average molecular weight is 395 g/mol. The Labute approximate surface area is 144 Å². The van der Waals surface area contributed by atoms with E-state index in [2.05, 4.69) is 15.9 Å². The number of hydrogen-bond donors (Lipinski definition) is 0. The van der Waals surface area contributed by atoms with Crippen LogP contribution in [0.2, 0.25) is 0 Å². The Balaban J connectivity index is 2.43. The molecule has 0 fully saturated rings. The van der Waals surface area contributed by atoms with Crippen molar-refractivity contribution in [2.75, 3.05) is 0 Å². The molecule has 2 rings (SSSR count). The highest BCUT2D eigenvalue weighted by Crippen LogP contribution is 2.29. The van der Waals surface area contributed by atoms with Crippen LogP contribution >= 0.6 is 15.9 Å². The minimum absolute atomic E-state index is 0.266. The molecule has 0 saturated carbocycles. The van der Waals surface area contributed by atoms with Gasteiger partial charge < -0.3 is 4.74 Å². The summed E-state index contributed by atoms with van der Waals surface area (Å²) < 4.78 is 6.09. The molecule has 0 aliphatic carbocycles. The summed E-state index contributed by atoms with van der Waals surface area (Å²) in [6.45, 7) is 3.46. The Morgan fingerprint density at radius 1 is 0.958 bits per heavy atom. The standard InChI is InChI=1S/C15H11BrN2O6/c1-8-3-11(16)4-9(2)14(8)24-15(19)10-5-12(17(20)21)7-13(6-10)18(22)23/h3-7H,1-2H3. The number of nitro benzene ring substituents is 2. The SMILES string of the molecule is Cc1cc(Br)cc(C)c1OC(=O)c1cc([N+](=O)[O-])cc([N+](=O)[O-])c1. The van der Waals surface area contributed by atoms with E-state index < -0.39 is 27.2 Å². The van der Waals surface area contributed by atoms with Crippen LogP contribution in [0, 0.1) is 34.1 Å². The lowest BCUT2D eigenvalue weighted by Crippen LogP contribution is -2.11. The van der Waals surface area contributed by atoms with Crippen molar-refractivity contribution in [3.63, 3.8) is 0 Å². The van der Waals surface area contributed by atoms with Crippen LogP contribution in [0.1, 0.15) is 21.5 Å². The lowest BCUT2D eigenvalue weighted by Gasteiger charge is -2.11. The van der Waals surface area contributed by atoms with E-state index in [1.54, 1.807) is 26.0 Å². The van der Waals surface area contributed by atoms with Gasteiger partial charge in [-0.1, -0.05) is 15.9 Å². The third-order valence-corrected chi connectivity index (χ3v) is 3.64. The molecule has 2 aromatic rings. The van der Waals surface area contributed by atoms with Crippen LogP contribution in [0.15, 0.2) is 34.8 Å². The molecule has 0 bridgehead atoms. The van der Waals surface area contributed by atoms with Gasteiger partial charge in [-0.05, 0) is 37.1 Å². The fraction of sp³-hybridized carbons (Fsp3) is 0.133. The maximum absolute atomic E-state index is 12.3. The number of nitrogens with zero attached hydrogens (tertiary/aromatic N) is 2. The molecule has 2 aromatic carbocycles. The molecular formula is C15H11BrN2O6. The maximum Gasteiger partial charge on any atom is 0.344 e. The third kappa shape index (κ3) is 3.74. The molecule has 0 radical (unpaired) electrons. The van der Waals surface area contributed by atoms with E-state index in [4.69, 9.17) is 4.74 Å². The Morgan fingerprint density at radius 2 is 1.42 bits per heavy atom. The van der Waals surface area contributed by atoms with Crippen LogP contribution in [0.4, 0.5) is 11.4 Å². The second-order valence-electron chi connectivity index (χ2n) is 5.01. The molecular weight excluding hydrogens is 384 g/mol. The Bertz CT molecular complexity index is 810. The van der Waals surface area contributed by atoms with E-state index in [0.717, 1.165) is 22.7 Å². The Kier molecular flexibility index (Phi) is 4.93. The number of esters is 1. The van der Waals surface area contributed by atoms with Gasteiger partial charge in [0.25, 0.3) is 11.4 Å². The first-order valence-corrected chi connectivity index (χ1v) is 7.41. The molecule has 24 heavy (non-hydrogen) atoms. The number of halogens is 1. The number of nitro groups is 2. The van der Waals surface area contributed by atoms with Gasteiger partial charge in [0.1, 0.15) is 5.75 Å². The van der Waals surface area contributed by atoms with Crippen molar-refractivity contribution in [1.82, 2.24) is 0 Å². The van der Waals surface area contributed by atoms with Crippen molar-refractivity contribution in [2.45, 2.75) is 13.8 Å². The highest BCUT2D eigenvalue weighted by Gasteiger charge is 2.22. The smallest absolute Gasteiger partial charge is 0.344 e. The van der Waals surface area contributed by atoms with Crippen LogP contribution in [0.5, 0.6) is 5.75 Å². The molecule has 0 atom stereocenters. The molecule has 124 valence electrons. The van der Waals surface area contributed by atoms with Crippen molar-refractivity contribution >= 4 is 33.3 Å². The molecule has 0 aromatic heterocycles.